The molecule has 2 aliphatic rings. The van der Waals surface area contributed by atoms with Crippen LogP contribution in [-0.4, -0.2) is 59.1 Å². The molecular weight excluding hydrogens is 388 g/mol. The number of allylic oxidation sites excluding steroid dienone is 1. The van der Waals surface area contributed by atoms with Crippen molar-refractivity contribution < 1.29 is 24.0 Å². The lowest BCUT2D eigenvalue weighted by molar-refractivity contribution is -0.138. The number of nitrogens with zero attached hydrogens (tertiary/aromatic N) is 2. The van der Waals surface area contributed by atoms with Gasteiger partial charge in [0.1, 0.15) is 6.04 Å². The molecule has 30 heavy (non-hydrogen) atoms. The number of rotatable bonds is 7. The Hall–Kier alpha value is -2.68. The molecule has 1 aromatic rings. The molecule has 9 heteroatoms. The van der Waals surface area contributed by atoms with Gasteiger partial charge in [0.25, 0.3) is 0 Å². The minimum atomic E-state index is -1.04. The molecule has 1 aromatic heterocycles. The number of nitrogens with one attached hydrogen (secondary N) is 2. The smallest absolute Gasteiger partial charge is 0.305 e. The SMILES string of the molecule is Cc1cc([C@H](CC(=O)O)NC(=O)[C@@H]2CCCN(C(=O)/C=C/C3CCNCC3)C2)on1. The Kier molecular flexibility index (Phi) is 7.62. The maximum Gasteiger partial charge on any atom is 0.305 e. The molecule has 2 amide bonds. The van der Waals surface area contributed by atoms with Crippen LogP contribution in [0.15, 0.2) is 22.7 Å². The van der Waals surface area contributed by atoms with Gasteiger partial charge in [-0.3, -0.25) is 14.4 Å². The summed E-state index contributed by atoms with van der Waals surface area (Å²) < 4.78 is 5.16. The average molecular weight is 418 g/mol. The van der Waals surface area contributed by atoms with E-state index in [-0.39, 0.29) is 24.2 Å². The van der Waals surface area contributed by atoms with Gasteiger partial charge in [0.15, 0.2) is 5.76 Å². The van der Waals surface area contributed by atoms with Gasteiger partial charge in [0.05, 0.1) is 18.0 Å². The highest BCUT2D eigenvalue weighted by Gasteiger charge is 2.31. The summed E-state index contributed by atoms with van der Waals surface area (Å²) in [6.45, 7) is 4.62. The van der Waals surface area contributed by atoms with Crippen LogP contribution in [-0.2, 0) is 14.4 Å². The molecule has 0 saturated carbocycles. The van der Waals surface area contributed by atoms with Gasteiger partial charge in [0, 0.05) is 19.2 Å². The lowest BCUT2D eigenvalue weighted by Gasteiger charge is -2.32. The van der Waals surface area contributed by atoms with E-state index in [2.05, 4.69) is 15.8 Å². The number of likely N-dealkylation sites (tertiary alicyclic amines) is 1. The molecular formula is C21H30N4O5. The Bertz CT molecular complexity index is 784. The standard InChI is InChI=1S/C21H30N4O5/c1-14-11-18(30-24-14)17(12-20(27)28)23-21(29)16-3-2-10-25(13-16)19(26)5-4-15-6-8-22-9-7-15/h4-5,11,15-17,22H,2-3,6-10,12-13H2,1H3,(H,23,29)(H,27,28)/b5-4+/t16-,17+/m1/s1. The second-order valence-corrected chi connectivity index (χ2v) is 8.10. The molecule has 3 rings (SSSR count). The number of aromatic nitrogens is 1. The molecule has 0 aliphatic carbocycles. The third kappa shape index (κ3) is 6.16. The van der Waals surface area contributed by atoms with E-state index in [9.17, 15) is 19.5 Å². The molecule has 2 aliphatic heterocycles. The lowest BCUT2D eigenvalue weighted by Crippen LogP contribution is -2.46. The fourth-order valence-electron chi connectivity index (χ4n) is 3.99. The first-order valence-corrected chi connectivity index (χ1v) is 10.6. The molecule has 3 N–H and O–H groups in total. The maximum absolute atomic E-state index is 12.8. The number of carboxylic acids is 1. The van der Waals surface area contributed by atoms with Crippen molar-refractivity contribution in [3.05, 3.63) is 29.7 Å². The van der Waals surface area contributed by atoms with E-state index in [1.54, 1.807) is 24.0 Å². The predicted octanol–water partition coefficient (Wildman–Crippen LogP) is 1.41. The van der Waals surface area contributed by atoms with E-state index < -0.39 is 12.0 Å². The van der Waals surface area contributed by atoms with Crippen LogP contribution in [0.3, 0.4) is 0 Å². The number of carboxylic acid groups (broad SMARTS) is 1. The van der Waals surface area contributed by atoms with Gasteiger partial charge in [0.2, 0.25) is 11.8 Å². The van der Waals surface area contributed by atoms with Crippen LogP contribution in [0, 0.1) is 18.8 Å². The van der Waals surface area contributed by atoms with Crippen LogP contribution < -0.4 is 10.6 Å². The molecule has 0 unspecified atom stereocenters. The zero-order valence-electron chi connectivity index (χ0n) is 17.3. The first-order valence-electron chi connectivity index (χ1n) is 10.6. The van der Waals surface area contributed by atoms with Crippen LogP contribution in [0.4, 0.5) is 0 Å². The highest BCUT2D eigenvalue weighted by atomic mass is 16.5. The molecule has 0 bridgehead atoms. The number of aryl methyl sites for hydroxylation is 1. The Morgan fingerprint density at radius 2 is 2.13 bits per heavy atom. The number of carbonyl (C=O) groups is 3. The van der Waals surface area contributed by atoms with Gasteiger partial charge in [-0.05, 0) is 57.7 Å². The highest BCUT2D eigenvalue weighted by molar-refractivity contribution is 5.88. The number of amides is 2. The molecule has 2 fully saturated rings. The summed E-state index contributed by atoms with van der Waals surface area (Å²) >= 11 is 0. The molecule has 164 valence electrons. The monoisotopic (exact) mass is 418 g/mol. The zero-order chi connectivity index (χ0) is 21.5. The number of hydrogen-bond acceptors (Lipinski definition) is 6. The van der Waals surface area contributed by atoms with Gasteiger partial charge in [-0.15, -0.1) is 0 Å². The van der Waals surface area contributed by atoms with Crippen molar-refractivity contribution in [2.75, 3.05) is 26.2 Å². The van der Waals surface area contributed by atoms with E-state index >= 15 is 0 Å². The summed E-state index contributed by atoms with van der Waals surface area (Å²) in [5.41, 5.74) is 0.615. The van der Waals surface area contributed by atoms with Crippen LogP contribution in [0.5, 0.6) is 0 Å². The molecule has 0 spiro atoms. The van der Waals surface area contributed by atoms with Crippen molar-refractivity contribution in [3.8, 4) is 0 Å². The number of piperidine rings is 2. The molecule has 0 radical (unpaired) electrons. The van der Waals surface area contributed by atoms with Crippen molar-refractivity contribution in [2.24, 2.45) is 11.8 Å². The Balaban J connectivity index is 1.57. The van der Waals surface area contributed by atoms with Crippen LogP contribution in [0.2, 0.25) is 0 Å². The fourth-order valence-corrected chi connectivity index (χ4v) is 3.99. The first-order chi connectivity index (χ1) is 14.4. The summed E-state index contributed by atoms with van der Waals surface area (Å²) in [4.78, 5) is 38.3. The molecule has 0 aromatic carbocycles. The predicted molar refractivity (Wildman–Crippen MR) is 108 cm³/mol. The van der Waals surface area contributed by atoms with Gasteiger partial charge in [-0.1, -0.05) is 11.2 Å². The van der Waals surface area contributed by atoms with Crippen LogP contribution in [0.25, 0.3) is 0 Å². The summed E-state index contributed by atoms with van der Waals surface area (Å²) in [6.07, 6.45) is 6.78. The molecule has 3 heterocycles. The molecule has 9 nitrogen and oxygen atoms in total. The highest BCUT2D eigenvalue weighted by Crippen LogP contribution is 2.22. The second kappa shape index (κ2) is 10.4. The van der Waals surface area contributed by atoms with E-state index in [4.69, 9.17) is 4.52 Å². The first kappa shape index (κ1) is 22.0. The van der Waals surface area contributed by atoms with Crippen molar-refractivity contribution in [2.45, 2.75) is 45.1 Å². The van der Waals surface area contributed by atoms with Gasteiger partial charge in [-0.25, -0.2) is 0 Å². The van der Waals surface area contributed by atoms with Gasteiger partial charge >= 0.3 is 5.97 Å². The van der Waals surface area contributed by atoms with Crippen molar-refractivity contribution in [3.63, 3.8) is 0 Å². The number of aliphatic carboxylic acids is 1. The second-order valence-electron chi connectivity index (χ2n) is 8.10. The molecule has 2 atom stereocenters. The minimum absolute atomic E-state index is 0.0704. The van der Waals surface area contributed by atoms with E-state index in [0.29, 0.717) is 36.9 Å². The van der Waals surface area contributed by atoms with E-state index in [1.165, 1.54) is 0 Å². The topological polar surface area (TPSA) is 125 Å². The summed E-state index contributed by atoms with van der Waals surface area (Å²) in [5, 5.41) is 19.0. The lowest BCUT2D eigenvalue weighted by atomic mass is 9.95. The van der Waals surface area contributed by atoms with E-state index in [0.717, 1.165) is 32.4 Å². The minimum Gasteiger partial charge on any atom is -0.481 e. The summed E-state index contributed by atoms with van der Waals surface area (Å²) in [6, 6.07) is 0.831. The van der Waals surface area contributed by atoms with Crippen molar-refractivity contribution in [1.29, 1.82) is 0 Å². The third-order valence-corrected chi connectivity index (χ3v) is 5.68. The Morgan fingerprint density at radius 3 is 2.80 bits per heavy atom. The average Bonchev–Trinajstić information content (AvgIpc) is 3.18. The van der Waals surface area contributed by atoms with Gasteiger partial charge < -0.3 is 25.2 Å². The number of hydrogen-bond donors (Lipinski definition) is 3. The molecule has 2 saturated heterocycles. The Morgan fingerprint density at radius 1 is 1.37 bits per heavy atom. The van der Waals surface area contributed by atoms with Crippen molar-refractivity contribution >= 4 is 17.8 Å². The number of carbonyl (C=O) groups excluding carboxylic acids is 2. The summed E-state index contributed by atoms with van der Waals surface area (Å²) in [5.74, 6) is -1.03. The van der Waals surface area contributed by atoms with Gasteiger partial charge in [-0.2, -0.15) is 0 Å². The third-order valence-electron chi connectivity index (χ3n) is 5.68. The largest absolute Gasteiger partial charge is 0.481 e. The summed E-state index contributed by atoms with van der Waals surface area (Å²) in [7, 11) is 0. The van der Waals surface area contributed by atoms with Crippen LogP contribution >= 0.6 is 0 Å². The quantitative estimate of drug-likeness (QED) is 0.572. The van der Waals surface area contributed by atoms with E-state index in [1.807, 2.05) is 6.08 Å². The normalized spacial score (nSPS) is 21.5. The van der Waals surface area contributed by atoms with Crippen molar-refractivity contribution in [1.82, 2.24) is 20.7 Å². The zero-order valence-corrected chi connectivity index (χ0v) is 17.3. The Labute approximate surface area is 175 Å². The fraction of sp³-hybridized carbons (Fsp3) is 0.619. The maximum atomic E-state index is 12.8. The van der Waals surface area contributed by atoms with Crippen LogP contribution in [0.1, 0.15) is 49.6 Å².